The Hall–Kier alpha value is -3.02. The number of benzene rings is 2. The Kier molecular flexibility index (Phi) is 4.14. The average molecular weight is 312 g/mol. The SMILES string of the molecule is COc1ccccc1NC(=O)CN1C(=O)COc2ccccc21. The summed E-state index contributed by atoms with van der Waals surface area (Å²) in [5.41, 5.74) is 1.16. The third-order valence-electron chi connectivity index (χ3n) is 3.49. The van der Waals surface area contributed by atoms with Crippen LogP contribution in [0.3, 0.4) is 0 Å². The first-order valence-corrected chi connectivity index (χ1v) is 7.14. The predicted octanol–water partition coefficient (Wildman–Crippen LogP) is 2.06. The van der Waals surface area contributed by atoms with E-state index in [4.69, 9.17) is 9.47 Å². The lowest BCUT2D eigenvalue weighted by Crippen LogP contribution is -2.43. The molecule has 2 aromatic carbocycles. The predicted molar refractivity (Wildman–Crippen MR) is 85.9 cm³/mol. The van der Waals surface area contributed by atoms with Crippen molar-refractivity contribution in [3.05, 3.63) is 48.5 Å². The molecule has 0 atom stereocenters. The maximum absolute atomic E-state index is 12.3. The van der Waals surface area contributed by atoms with Crippen molar-refractivity contribution in [3.8, 4) is 11.5 Å². The Morgan fingerprint density at radius 2 is 1.96 bits per heavy atom. The second-order valence-electron chi connectivity index (χ2n) is 4.98. The van der Waals surface area contributed by atoms with E-state index in [2.05, 4.69) is 5.32 Å². The molecule has 1 aliphatic rings. The molecule has 118 valence electrons. The topological polar surface area (TPSA) is 67.9 Å². The molecule has 0 aromatic heterocycles. The molecule has 0 saturated heterocycles. The third kappa shape index (κ3) is 3.11. The molecule has 6 heteroatoms. The maximum atomic E-state index is 12.3. The van der Waals surface area contributed by atoms with E-state index in [1.807, 2.05) is 12.1 Å². The summed E-state index contributed by atoms with van der Waals surface area (Å²) < 4.78 is 10.6. The van der Waals surface area contributed by atoms with E-state index in [0.717, 1.165) is 0 Å². The van der Waals surface area contributed by atoms with Gasteiger partial charge >= 0.3 is 0 Å². The van der Waals surface area contributed by atoms with Crippen molar-refractivity contribution < 1.29 is 19.1 Å². The van der Waals surface area contributed by atoms with Gasteiger partial charge in [0.15, 0.2) is 6.61 Å². The summed E-state index contributed by atoms with van der Waals surface area (Å²) in [6.45, 7) is -0.157. The maximum Gasteiger partial charge on any atom is 0.265 e. The molecule has 2 amide bonds. The van der Waals surface area contributed by atoms with Crippen LogP contribution in [0.5, 0.6) is 11.5 Å². The number of ether oxygens (including phenoxy) is 2. The molecule has 6 nitrogen and oxygen atoms in total. The lowest BCUT2D eigenvalue weighted by atomic mass is 10.2. The number of carbonyl (C=O) groups is 2. The van der Waals surface area contributed by atoms with Gasteiger partial charge in [-0.1, -0.05) is 24.3 Å². The molecule has 3 rings (SSSR count). The number of rotatable bonds is 4. The van der Waals surface area contributed by atoms with Gasteiger partial charge in [0.1, 0.15) is 18.0 Å². The molecule has 2 aromatic rings. The highest BCUT2D eigenvalue weighted by Gasteiger charge is 2.27. The van der Waals surface area contributed by atoms with Crippen LogP contribution in [0.15, 0.2) is 48.5 Å². The van der Waals surface area contributed by atoms with Crippen LogP contribution >= 0.6 is 0 Å². The van der Waals surface area contributed by atoms with Gasteiger partial charge in [-0.2, -0.15) is 0 Å². The van der Waals surface area contributed by atoms with E-state index >= 15 is 0 Å². The van der Waals surface area contributed by atoms with Crippen LogP contribution in [0.2, 0.25) is 0 Å². The first-order chi connectivity index (χ1) is 11.2. The van der Waals surface area contributed by atoms with Crippen LogP contribution in [-0.2, 0) is 9.59 Å². The molecule has 0 radical (unpaired) electrons. The molecule has 0 saturated carbocycles. The number of para-hydroxylation sites is 4. The van der Waals surface area contributed by atoms with Gasteiger partial charge in [0.2, 0.25) is 5.91 Å². The van der Waals surface area contributed by atoms with Gasteiger partial charge in [0.25, 0.3) is 5.91 Å². The normalized spacial score (nSPS) is 13.1. The van der Waals surface area contributed by atoms with Crippen molar-refractivity contribution in [2.45, 2.75) is 0 Å². The minimum Gasteiger partial charge on any atom is -0.495 e. The molecular formula is C17H16N2O4. The summed E-state index contributed by atoms with van der Waals surface area (Å²) in [6.07, 6.45) is 0. The zero-order valence-corrected chi connectivity index (χ0v) is 12.6. The minimum absolute atomic E-state index is 0.0705. The number of fused-ring (bicyclic) bond motifs is 1. The summed E-state index contributed by atoms with van der Waals surface area (Å²) in [7, 11) is 1.53. The zero-order chi connectivity index (χ0) is 16.2. The fraction of sp³-hybridized carbons (Fsp3) is 0.176. The first kappa shape index (κ1) is 14.9. The fourth-order valence-corrected chi connectivity index (χ4v) is 2.41. The zero-order valence-electron chi connectivity index (χ0n) is 12.6. The quantitative estimate of drug-likeness (QED) is 0.938. The second kappa shape index (κ2) is 6.39. The number of methoxy groups -OCH3 is 1. The van der Waals surface area contributed by atoms with Crippen molar-refractivity contribution in [1.82, 2.24) is 0 Å². The van der Waals surface area contributed by atoms with Gasteiger partial charge in [-0.05, 0) is 24.3 Å². The smallest absolute Gasteiger partial charge is 0.265 e. The molecule has 0 fully saturated rings. The van der Waals surface area contributed by atoms with Gasteiger partial charge < -0.3 is 14.8 Å². The van der Waals surface area contributed by atoms with Crippen molar-refractivity contribution in [2.24, 2.45) is 0 Å². The number of amides is 2. The van der Waals surface area contributed by atoms with Crippen molar-refractivity contribution in [2.75, 3.05) is 30.5 Å². The van der Waals surface area contributed by atoms with Gasteiger partial charge in [0, 0.05) is 0 Å². The van der Waals surface area contributed by atoms with E-state index in [1.54, 1.807) is 36.4 Å². The number of hydrogen-bond acceptors (Lipinski definition) is 4. The summed E-state index contributed by atoms with van der Waals surface area (Å²) in [4.78, 5) is 25.8. The number of carbonyl (C=O) groups excluding carboxylic acids is 2. The van der Waals surface area contributed by atoms with E-state index < -0.39 is 0 Å². The molecule has 0 spiro atoms. The van der Waals surface area contributed by atoms with Gasteiger partial charge in [0.05, 0.1) is 18.5 Å². The van der Waals surface area contributed by atoms with E-state index in [-0.39, 0.29) is 25.0 Å². The first-order valence-electron chi connectivity index (χ1n) is 7.14. The van der Waals surface area contributed by atoms with Crippen molar-refractivity contribution >= 4 is 23.2 Å². The summed E-state index contributed by atoms with van der Waals surface area (Å²) in [5.74, 6) is 0.602. The summed E-state index contributed by atoms with van der Waals surface area (Å²) >= 11 is 0. The van der Waals surface area contributed by atoms with Gasteiger partial charge in [-0.25, -0.2) is 0 Å². The van der Waals surface area contributed by atoms with Gasteiger partial charge in [-0.3, -0.25) is 14.5 Å². The largest absolute Gasteiger partial charge is 0.495 e. The number of nitrogens with zero attached hydrogens (tertiary/aromatic N) is 1. The minimum atomic E-state index is -0.306. The van der Waals surface area contributed by atoms with E-state index in [0.29, 0.717) is 22.9 Å². The second-order valence-corrected chi connectivity index (χ2v) is 4.98. The molecule has 0 bridgehead atoms. The number of anilines is 2. The van der Waals surface area contributed by atoms with Crippen LogP contribution in [0.4, 0.5) is 11.4 Å². The Morgan fingerprint density at radius 3 is 2.78 bits per heavy atom. The highest BCUT2D eigenvalue weighted by atomic mass is 16.5. The van der Waals surface area contributed by atoms with Crippen LogP contribution in [0.1, 0.15) is 0 Å². The van der Waals surface area contributed by atoms with Gasteiger partial charge in [-0.15, -0.1) is 0 Å². The average Bonchev–Trinajstić information content (AvgIpc) is 2.58. The van der Waals surface area contributed by atoms with E-state index in [1.165, 1.54) is 12.0 Å². The lowest BCUT2D eigenvalue weighted by Gasteiger charge is -2.28. The van der Waals surface area contributed by atoms with Crippen LogP contribution < -0.4 is 19.7 Å². The molecular weight excluding hydrogens is 296 g/mol. The lowest BCUT2D eigenvalue weighted by molar-refractivity contribution is -0.123. The molecule has 0 aliphatic carbocycles. The monoisotopic (exact) mass is 312 g/mol. The van der Waals surface area contributed by atoms with Crippen LogP contribution in [0, 0.1) is 0 Å². The number of hydrogen-bond donors (Lipinski definition) is 1. The Labute approximate surface area is 133 Å². The summed E-state index contributed by atoms with van der Waals surface area (Å²) in [5, 5.41) is 2.76. The Bertz CT molecular complexity index is 745. The Morgan fingerprint density at radius 1 is 1.22 bits per heavy atom. The van der Waals surface area contributed by atoms with Crippen molar-refractivity contribution in [1.29, 1.82) is 0 Å². The molecule has 0 unspecified atom stereocenters. The fourth-order valence-electron chi connectivity index (χ4n) is 2.41. The van der Waals surface area contributed by atoms with Crippen molar-refractivity contribution in [3.63, 3.8) is 0 Å². The molecule has 1 heterocycles. The van der Waals surface area contributed by atoms with E-state index in [9.17, 15) is 9.59 Å². The van der Waals surface area contributed by atoms with Crippen LogP contribution in [0.25, 0.3) is 0 Å². The highest BCUT2D eigenvalue weighted by molar-refractivity contribution is 6.05. The molecule has 23 heavy (non-hydrogen) atoms. The number of nitrogens with one attached hydrogen (secondary N) is 1. The molecule has 1 N–H and O–H groups in total. The Balaban J connectivity index is 1.76. The standard InChI is InChI=1S/C17H16N2O4/c1-22-14-8-4-2-6-12(14)18-16(20)10-19-13-7-3-5-9-15(13)23-11-17(19)21/h2-9H,10-11H2,1H3,(H,18,20). The highest BCUT2D eigenvalue weighted by Crippen LogP contribution is 2.31. The third-order valence-corrected chi connectivity index (χ3v) is 3.49. The van der Waals surface area contributed by atoms with Crippen LogP contribution in [-0.4, -0.2) is 32.1 Å². The molecule has 1 aliphatic heterocycles. The summed E-state index contributed by atoms with van der Waals surface area (Å²) in [6, 6.07) is 14.3.